The zero-order valence-corrected chi connectivity index (χ0v) is 18.7. The summed E-state index contributed by atoms with van der Waals surface area (Å²) < 4.78 is 10.5. The number of nitrogens with one attached hydrogen (secondary N) is 1. The van der Waals surface area contributed by atoms with E-state index in [2.05, 4.69) is 51.5 Å². The summed E-state index contributed by atoms with van der Waals surface area (Å²) in [5.41, 5.74) is 3.48. The lowest BCUT2D eigenvalue weighted by molar-refractivity contribution is -0.121. The number of hydrogen-bond donors (Lipinski definition) is 1. The minimum atomic E-state index is 0.0196. The Bertz CT molecular complexity index is 1010. The van der Waals surface area contributed by atoms with Crippen LogP contribution in [0, 0.1) is 12.8 Å². The van der Waals surface area contributed by atoms with Gasteiger partial charge in [-0.15, -0.1) is 0 Å². The van der Waals surface area contributed by atoms with Crippen molar-refractivity contribution >= 4 is 5.91 Å². The minimum absolute atomic E-state index is 0.0196. The molecule has 1 fully saturated rings. The van der Waals surface area contributed by atoms with Crippen LogP contribution in [0.2, 0.25) is 0 Å². The third kappa shape index (κ3) is 5.95. The van der Waals surface area contributed by atoms with Gasteiger partial charge in [-0.3, -0.25) is 9.69 Å². The predicted molar refractivity (Wildman–Crippen MR) is 122 cm³/mol. The molecular formula is C25H30N4O3. The molecule has 2 heterocycles. The van der Waals surface area contributed by atoms with Crippen molar-refractivity contribution in [1.29, 1.82) is 0 Å². The number of ether oxygens (including phenoxy) is 1. The van der Waals surface area contributed by atoms with Gasteiger partial charge < -0.3 is 14.6 Å². The molecule has 0 radical (unpaired) electrons. The number of carbonyl (C=O) groups excluding carboxylic acids is 1. The molecule has 0 bridgehead atoms. The molecule has 1 N–H and O–H groups in total. The molecule has 168 valence electrons. The third-order valence-electron chi connectivity index (χ3n) is 5.87. The van der Waals surface area contributed by atoms with Crippen molar-refractivity contribution in [2.24, 2.45) is 5.92 Å². The first-order valence-corrected chi connectivity index (χ1v) is 11.1. The molecule has 1 aromatic heterocycles. The summed E-state index contributed by atoms with van der Waals surface area (Å²) in [5.74, 6) is 2.27. The number of aryl methyl sites for hydroxylation is 2. The van der Waals surface area contributed by atoms with E-state index >= 15 is 0 Å². The number of carbonyl (C=O) groups is 1. The summed E-state index contributed by atoms with van der Waals surface area (Å²) in [7, 11) is 1.63. The van der Waals surface area contributed by atoms with Crippen LogP contribution in [0.25, 0.3) is 11.4 Å². The molecule has 7 heteroatoms. The van der Waals surface area contributed by atoms with E-state index in [0.29, 0.717) is 37.0 Å². The fraction of sp³-hybridized carbons (Fsp3) is 0.400. The van der Waals surface area contributed by atoms with E-state index < -0.39 is 0 Å². The van der Waals surface area contributed by atoms with E-state index in [-0.39, 0.29) is 5.91 Å². The Morgan fingerprint density at radius 2 is 1.97 bits per heavy atom. The number of likely N-dealkylation sites (tertiary alicyclic amines) is 1. The second kappa shape index (κ2) is 10.4. The van der Waals surface area contributed by atoms with Crippen LogP contribution in [0.15, 0.2) is 53.1 Å². The fourth-order valence-electron chi connectivity index (χ4n) is 3.96. The lowest BCUT2D eigenvalue weighted by atomic mass is 10.1. The van der Waals surface area contributed by atoms with Crippen molar-refractivity contribution in [2.45, 2.75) is 32.7 Å². The van der Waals surface area contributed by atoms with Crippen LogP contribution < -0.4 is 10.1 Å². The van der Waals surface area contributed by atoms with Gasteiger partial charge in [0.1, 0.15) is 5.75 Å². The molecule has 1 amide bonds. The standard InChI is InChI=1S/C25H30N4O3/c1-18-3-5-19(6-4-18)16-29-14-13-20(17-29)15-26-23(30)11-12-24-27-25(28-32-24)21-7-9-22(31-2)10-8-21/h3-10,20H,11-17H2,1-2H3,(H,26,30)/t20-/m1/s1. The van der Waals surface area contributed by atoms with Crippen LogP contribution in [-0.2, 0) is 17.8 Å². The van der Waals surface area contributed by atoms with Gasteiger partial charge in [0.05, 0.1) is 7.11 Å². The molecule has 3 aromatic rings. The van der Waals surface area contributed by atoms with Crippen molar-refractivity contribution in [1.82, 2.24) is 20.4 Å². The highest BCUT2D eigenvalue weighted by Gasteiger charge is 2.23. The first-order chi connectivity index (χ1) is 15.6. The van der Waals surface area contributed by atoms with Gasteiger partial charge in [-0.1, -0.05) is 35.0 Å². The summed E-state index contributed by atoms with van der Waals surface area (Å²) in [6, 6.07) is 16.2. The third-order valence-corrected chi connectivity index (χ3v) is 5.87. The van der Waals surface area contributed by atoms with Gasteiger partial charge in [0.2, 0.25) is 17.6 Å². The Kier molecular flexibility index (Phi) is 7.17. The highest BCUT2D eigenvalue weighted by molar-refractivity contribution is 5.76. The lowest BCUT2D eigenvalue weighted by Gasteiger charge is -2.16. The smallest absolute Gasteiger partial charge is 0.227 e. The quantitative estimate of drug-likeness (QED) is 0.554. The molecule has 0 saturated carbocycles. The zero-order chi connectivity index (χ0) is 22.3. The molecule has 32 heavy (non-hydrogen) atoms. The Hall–Kier alpha value is -3.19. The summed E-state index contributed by atoms with van der Waals surface area (Å²) >= 11 is 0. The van der Waals surface area contributed by atoms with Crippen LogP contribution in [0.5, 0.6) is 5.75 Å². The van der Waals surface area contributed by atoms with Crippen molar-refractivity contribution < 1.29 is 14.1 Å². The normalized spacial score (nSPS) is 16.2. The Morgan fingerprint density at radius 3 is 2.72 bits per heavy atom. The van der Waals surface area contributed by atoms with Crippen LogP contribution in [0.1, 0.15) is 29.9 Å². The maximum Gasteiger partial charge on any atom is 0.227 e. The average molecular weight is 435 g/mol. The topological polar surface area (TPSA) is 80.5 Å². The summed E-state index contributed by atoms with van der Waals surface area (Å²) in [5, 5.41) is 7.08. The second-order valence-electron chi connectivity index (χ2n) is 8.42. The van der Waals surface area contributed by atoms with Gasteiger partial charge in [0.15, 0.2) is 0 Å². The first kappa shape index (κ1) is 22.0. The van der Waals surface area contributed by atoms with E-state index in [1.807, 2.05) is 24.3 Å². The van der Waals surface area contributed by atoms with E-state index in [1.165, 1.54) is 11.1 Å². The number of methoxy groups -OCH3 is 1. The van der Waals surface area contributed by atoms with E-state index in [0.717, 1.165) is 37.4 Å². The minimum Gasteiger partial charge on any atom is -0.497 e. The first-order valence-electron chi connectivity index (χ1n) is 11.1. The van der Waals surface area contributed by atoms with Crippen molar-refractivity contribution in [3.63, 3.8) is 0 Å². The molecule has 0 spiro atoms. The van der Waals surface area contributed by atoms with E-state index in [1.54, 1.807) is 7.11 Å². The van der Waals surface area contributed by atoms with E-state index in [9.17, 15) is 4.79 Å². The van der Waals surface area contributed by atoms with Gasteiger partial charge in [0.25, 0.3) is 0 Å². The number of aromatic nitrogens is 2. The van der Waals surface area contributed by atoms with Gasteiger partial charge in [-0.05, 0) is 55.6 Å². The SMILES string of the molecule is COc1ccc(-c2noc(CCC(=O)NC[C@H]3CCN(Cc4ccc(C)cc4)C3)n2)cc1. The molecule has 0 unspecified atom stereocenters. The highest BCUT2D eigenvalue weighted by Crippen LogP contribution is 2.20. The van der Waals surface area contributed by atoms with Crippen LogP contribution >= 0.6 is 0 Å². The molecule has 1 aliphatic heterocycles. The molecule has 1 aliphatic rings. The van der Waals surface area contributed by atoms with E-state index in [4.69, 9.17) is 9.26 Å². The largest absolute Gasteiger partial charge is 0.497 e. The monoisotopic (exact) mass is 434 g/mol. The lowest BCUT2D eigenvalue weighted by Crippen LogP contribution is -2.31. The number of benzene rings is 2. The summed E-state index contributed by atoms with van der Waals surface area (Å²) in [6.07, 6.45) is 1.88. The van der Waals surface area contributed by atoms with Crippen molar-refractivity contribution in [3.8, 4) is 17.1 Å². The van der Waals surface area contributed by atoms with Gasteiger partial charge >= 0.3 is 0 Å². The second-order valence-corrected chi connectivity index (χ2v) is 8.42. The fourth-order valence-corrected chi connectivity index (χ4v) is 3.96. The van der Waals surface area contributed by atoms with Crippen LogP contribution in [0.4, 0.5) is 0 Å². The Balaban J connectivity index is 1.17. The molecule has 4 rings (SSSR count). The van der Waals surface area contributed by atoms with Crippen LogP contribution in [0.3, 0.4) is 0 Å². The molecule has 2 aromatic carbocycles. The Labute approximate surface area is 188 Å². The molecular weight excluding hydrogens is 404 g/mol. The number of nitrogens with zero attached hydrogens (tertiary/aromatic N) is 3. The molecule has 7 nitrogen and oxygen atoms in total. The molecule has 1 saturated heterocycles. The highest BCUT2D eigenvalue weighted by atomic mass is 16.5. The maximum absolute atomic E-state index is 12.3. The Morgan fingerprint density at radius 1 is 1.19 bits per heavy atom. The molecule has 1 atom stereocenters. The summed E-state index contributed by atoms with van der Waals surface area (Å²) in [6.45, 7) is 5.88. The number of hydrogen-bond acceptors (Lipinski definition) is 6. The average Bonchev–Trinajstić information content (AvgIpc) is 3.47. The van der Waals surface area contributed by atoms with Crippen LogP contribution in [-0.4, -0.2) is 47.7 Å². The van der Waals surface area contributed by atoms with Gasteiger partial charge in [0, 0.05) is 38.0 Å². The van der Waals surface area contributed by atoms with Crippen molar-refractivity contribution in [3.05, 3.63) is 65.5 Å². The summed E-state index contributed by atoms with van der Waals surface area (Å²) in [4.78, 5) is 19.2. The predicted octanol–water partition coefficient (Wildman–Crippen LogP) is 3.62. The maximum atomic E-state index is 12.3. The van der Waals surface area contributed by atoms with Crippen molar-refractivity contribution in [2.75, 3.05) is 26.7 Å². The van der Waals surface area contributed by atoms with Gasteiger partial charge in [-0.25, -0.2) is 0 Å². The van der Waals surface area contributed by atoms with Gasteiger partial charge in [-0.2, -0.15) is 4.98 Å². The zero-order valence-electron chi connectivity index (χ0n) is 18.7. The number of amides is 1. The number of rotatable bonds is 9. The molecule has 0 aliphatic carbocycles.